The molecule has 7 heteroatoms. The normalized spacial score (nSPS) is 11.7. The molecule has 1 aromatic rings. The highest BCUT2D eigenvalue weighted by Crippen LogP contribution is 2.16. The van der Waals surface area contributed by atoms with Gasteiger partial charge >= 0.3 is 5.69 Å². The van der Waals surface area contributed by atoms with Crippen LogP contribution in [-0.2, 0) is 6.54 Å². The molecule has 0 bridgehead atoms. The Hall–Kier alpha value is -1.44. The average Bonchev–Trinajstić information content (AvgIpc) is 2.29. The number of aromatic nitrogens is 2. The van der Waals surface area contributed by atoms with E-state index in [0.29, 0.717) is 0 Å². The van der Waals surface area contributed by atoms with Crippen molar-refractivity contribution in [2.75, 3.05) is 25.6 Å². The van der Waals surface area contributed by atoms with Crippen LogP contribution in [0, 0.1) is 5.41 Å². The standard InChI is InChI=1S/C9H15N3O4/c10-7-1-2-12(8(16)11-7)3-9(4-13,5-14)6-15/h1-2,13-15H,3-6H2,(H2,10,11,16). The molecule has 0 aliphatic carbocycles. The molecule has 0 unspecified atom stereocenters. The van der Waals surface area contributed by atoms with Crippen molar-refractivity contribution in [2.24, 2.45) is 5.41 Å². The highest BCUT2D eigenvalue weighted by Gasteiger charge is 2.29. The van der Waals surface area contributed by atoms with E-state index in [1.807, 2.05) is 0 Å². The van der Waals surface area contributed by atoms with Gasteiger partial charge in [-0.1, -0.05) is 0 Å². The quantitative estimate of drug-likeness (QED) is 0.454. The lowest BCUT2D eigenvalue weighted by molar-refractivity contribution is -0.00770. The van der Waals surface area contributed by atoms with Gasteiger partial charge in [-0.3, -0.25) is 4.57 Å². The third kappa shape index (κ3) is 2.57. The number of aliphatic hydroxyl groups is 3. The number of nitrogens with zero attached hydrogens (tertiary/aromatic N) is 2. The van der Waals surface area contributed by atoms with Crippen LogP contribution in [0.2, 0.25) is 0 Å². The summed E-state index contributed by atoms with van der Waals surface area (Å²) in [6.45, 7) is -1.33. The summed E-state index contributed by atoms with van der Waals surface area (Å²) in [5.41, 5.74) is 3.60. The largest absolute Gasteiger partial charge is 0.396 e. The lowest BCUT2D eigenvalue weighted by Crippen LogP contribution is -2.41. The van der Waals surface area contributed by atoms with Gasteiger partial charge in [0.25, 0.3) is 0 Å². The Labute approximate surface area is 91.8 Å². The Kier molecular flexibility index (Phi) is 3.99. The highest BCUT2D eigenvalue weighted by molar-refractivity contribution is 5.23. The number of nitrogen functional groups attached to an aromatic ring is 1. The Morgan fingerprint density at radius 2 is 1.88 bits per heavy atom. The van der Waals surface area contributed by atoms with Crippen molar-refractivity contribution in [3.8, 4) is 0 Å². The molecule has 0 amide bonds. The van der Waals surface area contributed by atoms with E-state index in [1.54, 1.807) is 0 Å². The summed E-state index contributed by atoms with van der Waals surface area (Å²) in [4.78, 5) is 14.9. The zero-order valence-corrected chi connectivity index (χ0v) is 8.70. The maximum Gasteiger partial charge on any atom is 0.349 e. The minimum Gasteiger partial charge on any atom is -0.396 e. The number of aliphatic hydroxyl groups excluding tert-OH is 3. The molecule has 1 heterocycles. The fourth-order valence-electron chi connectivity index (χ4n) is 1.22. The molecule has 0 spiro atoms. The number of anilines is 1. The van der Waals surface area contributed by atoms with Crippen molar-refractivity contribution in [3.63, 3.8) is 0 Å². The monoisotopic (exact) mass is 229 g/mol. The van der Waals surface area contributed by atoms with Crippen LogP contribution in [0.3, 0.4) is 0 Å². The van der Waals surface area contributed by atoms with E-state index >= 15 is 0 Å². The van der Waals surface area contributed by atoms with Gasteiger partial charge in [0, 0.05) is 12.7 Å². The van der Waals surface area contributed by atoms with E-state index in [2.05, 4.69) is 4.98 Å². The highest BCUT2D eigenvalue weighted by atomic mass is 16.3. The van der Waals surface area contributed by atoms with Crippen molar-refractivity contribution in [1.82, 2.24) is 9.55 Å². The summed E-state index contributed by atoms with van der Waals surface area (Å²) in [5.74, 6) is 0.101. The first-order valence-electron chi connectivity index (χ1n) is 4.72. The van der Waals surface area contributed by atoms with Crippen molar-refractivity contribution in [3.05, 3.63) is 22.7 Å². The third-order valence-electron chi connectivity index (χ3n) is 2.41. The lowest BCUT2D eigenvalue weighted by Gasteiger charge is -2.27. The Morgan fingerprint density at radius 1 is 1.31 bits per heavy atom. The predicted molar refractivity (Wildman–Crippen MR) is 56.6 cm³/mol. The minimum absolute atomic E-state index is 0.0252. The number of nitrogens with two attached hydrogens (primary N) is 1. The summed E-state index contributed by atoms with van der Waals surface area (Å²) in [7, 11) is 0. The zero-order valence-electron chi connectivity index (χ0n) is 8.70. The van der Waals surface area contributed by atoms with E-state index < -0.39 is 30.9 Å². The Balaban J connectivity index is 2.98. The summed E-state index contributed by atoms with van der Waals surface area (Å²) >= 11 is 0. The van der Waals surface area contributed by atoms with E-state index in [1.165, 1.54) is 16.8 Å². The van der Waals surface area contributed by atoms with Gasteiger partial charge in [-0.15, -0.1) is 0 Å². The van der Waals surface area contributed by atoms with Crippen LogP contribution in [0.5, 0.6) is 0 Å². The molecule has 7 nitrogen and oxygen atoms in total. The summed E-state index contributed by atoms with van der Waals surface area (Å²) in [5, 5.41) is 27.3. The number of rotatable bonds is 5. The van der Waals surface area contributed by atoms with Crippen LogP contribution >= 0.6 is 0 Å². The van der Waals surface area contributed by atoms with E-state index in [-0.39, 0.29) is 12.4 Å². The molecule has 0 atom stereocenters. The molecule has 90 valence electrons. The summed E-state index contributed by atoms with van der Waals surface area (Å²) in [6, 6.07) is 1.43. The van der Waals surface area contributed by atoms with Crippen LogP contribution in [0.1, 0.15) is 0 Å². The van der Waals surface area contributed by atoms with Gasteiger partial charge in [-0.05, 0) is 6.07 Å². The summed E-state index contributed by atoms with van der Waals surface area (Å²) in [6.07, 6.45) is 1.40. The molecule has 1 rings (SSSR count). The van der Waals surface area contributed by atoms with Crippen LogP contribution in [0.4, 0.5) is 5.82 Å². The van der Waals surface area contributed by atoms with Crippen molar-refractivity contribution >= 4 is 5.82 Å². The Bertz CT molecular complexity index is 392. The first kappa shape index (κ1) is 12.6. The molecule has 0 fully saturated rings. The second-order valence-corrected chi connectivity index (χ2v) is 3.74. The molecule has 0 saturated heterocycles. The zero-order chi connectivity index (χ0) is 12.2. The Morgan fingerprint density at radius 3 is 2.31 bits per heavy atom. The van der Waals surface area contributed by atoms with Crippen LogP contribution in [-0.4, -0.2) is 44.7 Å². The topological polar surface area (TPSA) is 122 Å². The number of hydrogen-bond donors (Lipinski definition) is 4. The molecular formula is C9H15N3O4. The maximum absolute atomic E-state index is 11.4. The smallest absolute Gasteiger partial charge is 0.349 e. The third-order valence-corrected chi connectivity index (χ3v) is 2.41. The minimum atomic E-state index is -1.14. The fraction of sp³-hybridized carbons (Fsp3) is 0.556. The maximum atomic E-state index is 11.4. The lowest BCUT2D eigenvalue weighted by atomic mass is 9.91. The average molecular weight is 229 g/mol. The first-order valence-corrected chi connectivity index (χ1v) is 4.72. The molecule has 16 heavy (non-hydrogen) atoms. The van der Waals surface area contributed by atoms with E-state index in [9.17, 15) is 4.79 Å². The van der Waals surface area contributed by atoms with Gasteiger partial charge in [-0.2, -0.15) is 4.98 Å². The van der Waals surface area contributed by atoms with Gasteiger partial charge in [-0.25, -0.2) is 4.79 Å². The van der Waals surface area contributed by atoms with Crippen molar-refractivity contribution < 1.29 is 15.3 Å². The van der Waals surface area contributed by atoms with Gasteiger partial charge in [0.15, 0.2) is 0 Å². The molecular weight excluding hydrogens is 214 g/mol. The van der Waals surface area contributed by atoms with E-state index in [4.69, 9.17) is 21.1 Å². The predicted octanol–water partition coefficient (Wildman–Crippen LogP) is -2.21. The SMILES string of the molecule is Nc1ccn(CC(CO)(CO)CO)c(=O)n1. The van der Waals surface area contributed by atoms with Gasteiger partial charge in [0.1, 0.15) is 5.82 Å². The first-order chi connectivity index (χ1) is 7.56. The van der Waals surface area contributed by atoms with Crippen LogP contribution in [0.25, 0.3) is 0 Å². The van der Waals surface area contributed by atoms with Crippen molar-refractivity contribution in [2.45, 2.75) is 6.54 Å². The molecule has 0 aromatic carbocycles. The summed E-state index contributed by atoms with van der Waals surface area (Å²) < 4.78 is 1.18. The molecule has 5 N–H and O–H groups in total. The molecule has 1 aromatic heterocycles. The molecule has 0 aliphatic rings. The second-order valence-electron chi connectivity index (χ2n) is 3.74. The van der Waals surface area contributed by atoms with E-state index in [0.717, 1.165) is 0 Å². The second kappa shape index (κ2) is 5.06. The molecule has 0 radical (unpaired) electrons. The van der Waals surface area contributed by atoms with Crippen molar-refractivity contribution in [1.29, 1.82) is 0 Å². The van der Waals surface area contributed by atoms with Gasteiger partial charge in [0.05, 0.1) is 25.2 Å². The van der Waals surface area contributed by atoms with Crippen LogP contribution < -0.4 is 11.4 Å². The van der Waals surface area contributed by atoms with Crippen LogP contribution in [0.15, 0.2) is 17.1 Å². The molecule has 0 aliphatic heterocycles. The number of hydrogen-bond acceptors (Lipinski definition) is 6. The molecule has 0 saturated carbocycles. The fourth-order valence-corrected chi connectivity index (χ4v) is 1.22. The van der Waals surface area contributed by atoms with Gasteiger partial charge < -0.3 is 21.1 Å². The van der Waals surface area contributed by atoms with Gasteiger partial charge in [0.2, 0.25) is 0 Å².